The van der Waals surface area contributed by atoms with E-state index in [9.17, 15) is 4.57 Å². The van der Waals surface area contributed by atoms with E-state index < -0.39 is 5.85 Å². The smallest absolute Gasteiger partial charge is 0.283 e. The van der Waals surface area contributed by atoms with Gasteiger partial charge in [0.2, 0.25) is 0 Å². The highest BCUT2D eigenvalue weighted by atomic mass is 35.9. The molecule has 0 fully saturated rings. The summed E-state index contributed by atoms with van der Waals surface area (Å²) < 4.78 is 11.1. The van der Waals surface area contributed by atoms with Gasteiger partial charge in [0.25, 0.3) is 5.85 Å². The summed E-state index contributed by atoms with van der Waals surface area (Å²) in [5.41, 5.74) is 0. The van der Waals surface area contributed by atoms with E-state index in [4.69, 9.17) is 34.1 Å². The van der Waals surface area contributed by atoms with Crippen molar-refractivity contribution in [2.75, 3.05) is 0 Å². The summed E-state index contributed by atoms with van der Waals surface area (Å²) in [4.78, 5) is 0. The third-order valence-corrected chi connectivity index (χ3v) is 3.64. The minimum Gasteiger partial charge on any atom is -0.284 e. The second-order valence-electron chi connectivity index (χ2n) is 1.91. The summed E-state index contributed by atoms with van der Waals surface area (Å²) in [5.74, 6) is -3.24. The van der Waals surface area contributed by atoms with Crippen LogP contribution in [0.3, 0.4) is 0 Å². The van der Waals surface area contributed by atoms with Crippen molar-refractivity contribution in [3.63, 3.8) is 0 Å². The van der Waals surface area contributed by atoms with Crippen molar-refractivity contribution in [3.05, 3.63) is 29.3 Å². The second kappa shape index (κ2) is 3.37. The Morgan fingerprint density at radius 3 is 2.09 bits per heavy atom. The fourth-order valence-corrected chi connectivity index (χ4v) is 2.88. The van der Waals surface area contributed by atoms with E-state index in [1.54, 1.807) is 24.3 Å². The molecule has 1 aromatic rings. The molecule has 0 aliphatic heterocycles. The molecule has 0 bridgehead atoms. The molecule has 11 heavy (non-hydrogen) atoms. The molecule has 1 aromatic carbocycles. The Kier molecular flexibility index (Phi) is 2.88. The van der Waals surface area contributed by atoms with Crippen molar-refractivity contribution in [1.29, 1.82) is 0 Å². The van der Waals surface area contributed by atoms with Crippen LogP contribution in [-0.4, -0.2) is 0 Å². The van der Waals surface area contributed by atoms with Crippen LogP contribution in [0.5, 0.6) is 0 Å². The van der Waals surface area contributed by atoms with Crippen molar-refractivity contribution in [2.24, 2.45) is 0 Å². The van der Waals surface area contributed by atoms with E-state index in [1.807, 2.05) is 0 Å². The van der Waals surface area contributed by atoms with Crippen LogP contribution in [0.1, 0.15) is 0 Å². The van der Waals surface area contributed by atoms with Gasteiger partial charge in [0, 0.05) is 0 Å². The average Bonchev–Trinajstić information content (AvgIpc) is 1.86. The molecule has 0 unspecified atom stereocenters. The van der Waals surface area contributed by atoms with Gasteiger partial charge < -0.3 is 0 Å². The molecule has 0 aliphatic carbocycles. The SMILES string of the molecule is O=P(Cl)(Cl)c1ccccc1Cl. The summed E-state index contributed by atoms with van der Waals surface area (Å²) in [6.07, 6.45) is 0. The Labute approximate surface area is 79.2 Å². The topological polar surface area (TPSA) is 17.1 Å². The zero-order valence-electron chi connectivity index (χ0n) is 5.30. The molecule has 0 atom stereocenters. The Bertz CT molecular complexity index is 306. The number of hydrogen-bond donors (Lipinski definition) is 0. The van der Waals surface area contributed by atoms with E-state index in [-0.39, 0.29) is 0 Å². The van der Waals surface area contributed by atoms with Crippen LogP contribution in [0.2, 0.25) is 5.02 Å². The van der Waals surface area contributed by atoms with E-state index in [2.05, 4.69) is 0 Å². The van der Waals surface area contributed by atoms with Gasteiger partial charge in [-0.3, -0.25) is 4.57 Å². The molecule has 5 heteroatoms. The van der Waals surface area contributed by atoms with Crippen molar-refractivity contribution < 1.29 is 4.57 Å². The molecular formula is C6H4Cl3OP. The summed E-state index contributed by atoms with van der Waals surface area (Å²) in [6.45, 7) is 0. The van der Waals surface area contributed by atoms with Crippen molar-refractivity contribution >= 4 is 45.2 Å². The van der Waals surface area contributed by atoms with Gasteiger partial charge in [0.1, 0.15) is 0 Å². The third kappa shape index (κ3) is 2.38. The van der Waals surface area contributed by atoms with Gasteiger partial charge in [-0.2, -0.15) is 0 Å². The monoisotopic (exact) mass is 228 g/mol. The summed E-state index contributed by atoms with van der Waals surface area (Å²) >= 11 is 16.5. The van der Waals surface area contributed by atoms with Crippen LogP contribution in [0, 0.1) is 0 Å². The second-order valence-corrected chi connectivity index (χ2v) is 7.10. The first-order valence-corrected chi connectivity index (χ1v) is 6.66. The standard InChI is InChI=1S/C6H4Cl3OP/c7-5-3-1-2-4-6(5)11(8,9)10/h1-4H. The number of benzene rings is 1. The molecule has 60 valence electrons. The minimum absolute atomic E-state index is 0.296. The maximum atomic E-state index is 11.1. The Balaban J connectivity index is 3.25. The lowest BCUT2D eigenvalue weighted by atomic mass is 10.4. The predicted molar refractivity (Wildman–Crippen MR) is 50.4 cm³/mol. The first-order chi connectivity index (χ1) is 5.02. The summed E-state index contributed by atoms with van der Waals surface area (Å²) in [7, 11) is 0. The number of halogens is 3. The van der Waals surface area contributed by atoms with Gasteiger partial charge in [-0.25, -0.2) is 0 Å². The fraction of sp³-hybridized carbons (Fsp3) is 0. The van der Waals surface area contributed by atoms with E-state index in [1.165, 1.54) is 0 Å². The van der Waals surface area contributed by atoms with Crippen molar-refractivity contribution in [3.8, 4) is 0 Å². The van der Waals surface area contributed by atoms with Crippen LogP contribution >= 0.6 is 39.9 Å². The van der Waals surface area contributed by atoms with Crippen LogP contribution in [0.4, 0.5) is 0 Å². The Morgan fingerprint density at radius 1 is 1.18 bits per heavy atom. The molecule has 0 N–H and O–H groups in total. The molecule has 0 saturated heterocycles. The molecule has 0 amide bonds. The third-order valence-electron chi connectivity index (χ3n) is 1.13. The summed E-state index contributed by atoms with van der Waals surface area (Å²) in [5, 5.41) is 0.630. The van der Waals surface area contributed by atoms with E-state index >= 15 is 0 Å². The van der Waals surface area contributed by atoms with E-state index in [0.717, 1.165) is 0 Å². The molecule has 0 radical (unpaired) electrons. The normalized spacial score (nSPS) is 11.5. The van der Waals surface area contributed by atoms with Crippen LogP contribution < -0.4 is 5.30 Å². The number of rotatable bonds is 1. The molecule has 0 aromatic heterocycles. The van der Waals surface area contributed by atoms with Crippen molar-refractivity contribution in [2.45, 2.75) is 0 Å². The highest BCUT2D eigenvalue weighted by molar-refractivity contribution is 8.13. The van der Waals surface area contributed by atoms with Gasteiger partial charge in [-0.05, 0) is 34.6 Å². The highest BCUT2D eigenvalue weighted by Gasteiger charge is 2.19. The predicted octanol–water partition coefficient (Wildman–Crippen LogP) is 3.64. The molecule has 0 aliphatic rings. The molecule has 0 saturated carbocycles. The molecular weight excluding hydrogens is 225 g/mol. The van der Waals surface area contributed by atoms with Gasteiger partial charge in [0.15, 0.2) is 0 Å². The molecule has 1 rings (SSSR count). The first-order valence-electron chi connectivity index (χ1n) is 2.76. The fourth-order valence-electron chi connectivity index (χ4n) is 0.663. The zero-order chi connectivity index (χ0) is 8.48. The van der Waals surface area contributed by atoms with Gasteiger partial charge in [-0.1, -0.05) is 23.7 Å². The number of hydrogen-bond acceptors (Lipinski definition) is 1. The minimum atomic E-state index is -3.24. The van der Waals surface area contributed by atoms with Crippen LogP contribution in [0.25, 0.3) is 0 Å². The maximum absolute atomic E-state index is 11.1. The van der Waals surface area contributed by atoms with Gasteiger partial charge in [-0.15, -0.1) is 0 Å². The van der Waals surface area contributed by atoms with Crippen LogP contribution in [-0.2, 0) is 4.57 Å². The Hall–Kier alpha value is 0.320. The highest BCUT2D eigenvalue weighted by Crippen LogP contribution is 2.56. The maximum Gasteiger partial charge on any atom is 0.283 e. The quantitative estimate of drug-likeness (QED) is 0.672. The van der Waals surface area contributed by atoms with Crippen molar-refractivity contribution in [1.82, 2.24) is 0 Å². The molecule has 0 spiro atoms. The Morgan fingerprint density at radius 2 is 1.73 bits per heavy atom. The van der Waals surface area contributed by atoms with E-state index in [0.29, 0.717) is 10.3 Å². The van der Waals surface area contributed by atoms with Gasteiger partial charge >= 0.3 is 0 Å². The lowest BCUT2D eigenvalue weighted by Crippen LogP contribution is -1.97. The average molecular weight is 229 g/mol. The zero-order valence-corrected chi connectivity index (χ0v) is 8.46. The largest absolute Gasteiger partial charge is 0.284 e. The molecule has 1 nitrogen and oxygen atoms in total. The first kappa shape index (κ1) is 9.41. The summed E-state index contributed by atoms with van der Waals surface area (Å²) in [6, 6.07) is 6.53. The van der Waals surface area contributed by atoms with Gasteiger partial charge in [0.05, 0.1) is 10.3 Å². The lowest BCUT2D eigenvalue weighted by molar-refractivity contribution is 0.597. The lowest BCUT2D eigenvalue weighted by Gasteiger charge is -2.02. The molecule has 0 heterocycles. The van der Waals surface area contributed by atoms with Crippen LogP contribution in [0.15, 0.2) is 24.3 Å².